The van der Waals surface area contributed by atoms with E-state index < -0.39 is 12.0 Å². The molecule has 0 aromatic heterocycles. The van der Waals surface area contributed by atoms with Crippen LogP contribution < -0.4 is 10.8 Å². The lowest BCUT2D eigenvalue weighted by Crippen LogP contribution is -2.69. The van der Waals surface area contributed by atoms with Gasteiger partial charge in [0.1, 0.15) is 6.04 Å². The Hall–Kier alpha value is -0.220. The monoisotopic (exact) mass is 189 g/mol. The molecule has 0 unspecified atom stereocenters. The van der Waals surface area contributed by atoms with Gasteiger partial charge in [-0.05, 0) is 12.8 Å². The normalized spacial score (nSPS) is 21.1. The smallest absolute Gasteiger partial charge is 0.134 e. The average molecular weight is 189 g/mol. The van der Waals surface area contributed by atoms with Crippen LogP contribution in [0.25, 0.3) is 0 Å². The third-order valence-corrected chi connectivity index (χ3v) is 3.71. The van der Waals surface area contributed by atoms with Gasteiger partial charge in [-0.2, -0.15) is 11.8 Å². The topological polar surface area (TPSA) is 67.8 Å². The summed E-state index contributed by atoms with van der Waals surface area (Å²) in [5.74, 6) is -0.423. The van der Waals surface area contributed by atoms with Gasteiger partial charge in [-0.1, -0.05) is 12.8 Å². The number of hydrogen-bond donors (Lipinski definition) is 1. The summed E-state index contributed by atoms with van der Waals surface area (Å²) in [7, 11) is 0. The molecule has 1 aliphatic rings. The van der Waals surface area contributed by atoms with Crippen LogP contribution in [0.15, 0.2) is 0 Å². The summed E-state index contributed by atoms with van der Waals surface area (Å²) < 4.78 is 0. The predicted octanol–water partition coefficient (Wildman–Crippen LogP) is -0.977. The summed E-state index contributed by atoms with van der Waals surface area (Å²) in [6.45, 7) is 0. The van der Waals surface area contributed by atoms with Crippen molar-refractivity contribution >= 4 is 17.7 Å². The highest BCUT2D eigenvalue weighted by Gasteiger charge is 2.17. The maximum absolute atomic E-state index is 10.3. The number of carbonyl (C=O) groups is 1. The predicted molar refractivity (Wildman–Crippen MR) is 46.4 cm³/mol. The summed E-state index contributed by atoms with van der Waals surface area (Å²) in [5, 5.41) is 11.0. The highest BCUT2D eigenvalue weighted by Crippen LogP contribution is 2.29. The van der Waals surface area contributed by atoms with Gasteiger partial charge in [0.2, 0.25) is 0 Å². The van der Waals surface area contributed by atoms with Gasteiger partial charge < -0.3 is 15.6 Å². The molecule has 12 heavy (non-hydrogen) atoms. The Morgan fingerprint density at radius 3 is 2.67 bits per heavy atom. The van der Waals surface area contributed by atoms with E-state index in [-0.39, 0.29) is 0 Å². The molecule has 1 saturated carbocycles. The zero-order chi connectivity index (χ0) is 8.97. The Kier molecular flexibility index (Phi) is 3.88. The quantitative estimate of drug-likeness (QED) is 0.618. The lowest BCUT2D eigenvalue weighted by Gasteiger charge is -2.12. The van der Waals surface area contributed by atoms with Crippen LogP contribution in [-0.2, 0) is 4.79 Å². The van der Waals surface area contributed by atoms with E-state index in [1.165, 1.54) is 25.7 Å². The molecule has 0 saturated heterocycles. The first-order valence-electron chi connectivity index (χ1n) is 4.35. The first-order valence-corrected chi connectivity index (χ1v) is 5.40. The van der Waals surface area contributed by atoms with E-state index in [1.807, 2.05) is 0 Å². The molecule has 1 atom stereocenters. The molecule has 3 nitrogen and oxygen atoms in total. The van der Waals surface area contributed by atoms with Gasteiger partial charge >= 0.3 is 0 Å². The van der Waals surface area contributed by atoms with Gasteiger partial charge in [0.25, 0.3) is 0 Å². The van der Waals surface area contributed by atoms with Crippen molar-refractivity contribution in [3.05, 3.63) is 0 Å². The fraction of sp³-hybridized carbons (Fsp3) is 0.875. The van der Waals surface area contributed by atoms with Gasteiger partial charge in [0.15, 0.2) is 0 Å². The van der Waals surface area contributed by atoms with Gasteiger partial charge in [0, 0.05) is 5.25 Å². The molecule has 1 aliphatic carbocycles. The molecule has 0 amide bonds. The van der Waals surface area contributed by atoms with Crippen LogP contribution in [0.3, 0.4) is 0 Å². The standard InChI is InChI=1S/C8H15NO2S/c9-7(8(10)11)5-12-6-3-1-2-4-6/h6-7H,1-5,9H2,(H,10,11)/t7-/m0/s1. The molecule has 3 N–H and O–H groups in total. The lowest BCUT2D eigenvalue weighted by atomic mass is 10.4. The van der Waals surface area contributed by atoms with Crippen molar-refractivity contribution in [3.63, 3.8) is 0 Å². The first-order chi connectivity index (χ1) is 5.70. The molecule has 0 spiro atoms. The SMILES string of the molecule is [NH3+][C@@H](CSC1CCCC1)C(=O)[O-]. The van der Waals surface area contributed by atoms with Crippen LogP contribution in [0.2, 0.25) is 0 Å². The van der Waals surface area contributed by atoms with Gasteiger partial charge in [-0.25, -0.2) is 0 Å². The third kappa shape index (κ3) is 3.03. The summed E-state index contributed by atoms with van der Waals surface area (Å²) >= 11 is 1.74. The molecular weight excluding hydrogens is 174 g/mol. The van der Waals surface area contributed by atoms with Crippen molar-refractivity contribution in [3.8, 4) is 0 Å². The maximum Gasteiger partial charge on any atom is 0.134 e. The molecular formula is C8H15NO2S. The fourth-order valence-corrected chi connectivity index (χ4v) is 2.68. The average Bonchev–Trinajstić information content (AvgIpc) is 2.51. The van der Waals surface area contributed by atoms with Crippen molar-refractivity contribution < 1.29 is 15.6 Å². The Bertz CT molecular complexity index is 157. The molecule has 0 aromatic rings. The van der Waals surface area contributed by atoms with E-state index in [4.69, 9.17) is 0 Å². The lowest BCUT2D eigenvalue weighted by molar-refractivity contribution is -0.431. The van der Waals surface area contributed by atoms with Crippen molar-refractivity contribution in [2.75, 3.05) is 5.75 Å². The molecule has 0 heterocycles. The number of carboxylic acids is 1. The van der Waals surface area contributed by atoms with Crippen LogP contribution in [0.4, 0.5) is 0 Å². The third-order valence-electron chi connectivity index (χ3n) is 2.17. The Labute approximate surface area is 76.7 Å². The Balaban J connectivity index is 2.11. The van der Waals surface area contributed by atoms with E-state index in [0.29, 0.717) is 11.0 Å². The van der Waals surface area contributed by atoms with Crippen LogP contribution in [0.5, 0.6) is 0 Å². The fourth-order valence-electron chi connectivity index (χ4n) is 1.38. The minimum Gasteiger partial charge on any atom is -0.544 e. The van der Waals surface area contributed by atoms with E-state index >= 15 is 0 Å². The Morgan fingerprint density at radius 1 is 1.58 bits per heavy atom. The Morgan fingerprint density at radius 2 is 2.17 bits per heavy atom. The number of carbonyl (C=O) groups excluding carboxylic acids is 1. The summed E-state index contributed by atoms with van der Waals surface area (Å²) in [4.78, 5) is 10.3. The molecule has 0 bridgehead atoms. The van der Waals surface area contributed by atoms with Gasteiger partial charge in [-0.15, -0.1) is 0 Å². The van der Waals surface area contributed by atoms with Crippen LogP contribution in [-0.4, -0.2) is 23.0 Å². The highest BCUT2D eigenvalue weighted by molar-refractivity contribution is 7.99. The number of carboxylic acid groups (broad SMARTS) is 1. The minimum absolute atomic E-state index is 0.546. The second-order valence-corrected chi connectivity index (χ2v) is 4.59. The van der Waals surface area contributed by atoms with Crippen molar-refractivity contribution in [1.29, 1.82) is 0 Å². The maximum atomic E-state index is 10.3. The molecule has 0 aliphatic heterocycles. The first kappa shape index (κ1) is 9.86. The molecule has 0 radical (unpaired) electrons. The van der Waals surface area contributed by atoms with Crippen LogP contribution in [0, 0.1) is 0 Å². The van der Waals surface area contributed by atoms with E-state index in [1.54, 1.807) is 11.8 Å². The highest BCUT2D eigenvalue weighted by atomic mass is 32.2. The number of thioether (sulfide) groups is 1. The molecule has 70 valence electrons. The zero-order valence-electron chi connectivity index (χ0n) is 7.12. The minimum atomic E-state index is -1.03. The molecule has 1 rings (SSSR count). The van der Waals surface area contributed by atoms with E-state index in [0.717, 1.165) is 0 Å². The number of hydrogen-bond acceptors (Lipinski definition) is 3. The van der Waals surface area contributed by atoms with E-state index in [2.05, 4.69) is 5.73 Å². The molecule has 4 heteroatoms. The largest absolute Gasteiger partial charge is 0.544 e. The van der Waals surface area contributed by atoms with Crippen LogP contribution >= 0.6 is 11.8 Å². The van der Waals surface area contributed by atoms with Gasteiger partial charge in [0.05, 0.1) is 11.7 Å². The number of quaternary nitrogens is 1. The van der Waals surface area contributed by atoms with E-state index in [9.17, 15) is 9.90 Å². The second-order valence-electron chi connectivity index (χ2n) is 3.26. The molecule has 1 fully saturated rings. The molecule has 0 aromatic carbocycles. The summed E-state index contributed by atoms with van der Waals surface area (Å²) in [6, 6.07) is -0.546. The van der Waals surface area contributed by atoms with Crippen LogP contribution in [0.1, 0.15) is 25.7 Å². The summed E-state index contributed by atoms with van der Waals surface area (Å²) in [6.07, 6.45) is 5.07. The number of aliphatic carboxylic acids is 1. The van der Waals surface area contributed by atoms with Crippen molar-refractivity contribution in [2.24, 2.45) is 0 Å². The second kappa shape index (κ2) is 4.72. The zero-order valence-corrected chi connectivity index (χ0v) is 7.94. The number of rotatable bonds is 4. The van der Waals surface area contributed by atoms with Crippen molar-refractivity contribution in [2.45, 2.75) is 37.0 Å². The van der Waals surface area contributed by atoms with Gasteiger partial charge in [-0.3, -0.25) is 0 Å². The van der Waals surface area contributed by atoms with Crippen molar-refractivity contribution in [1.82, 2.24) is 0 Å². The summed E-state index contributed by atoms with van der Waals surface area (Å²) in [5.41, 5.74) is 3.52.